The molecule has 4 amide bonds. The second-order valence-corrected chi connectivity index (χ2v) is 5.47. The molecule has 2 aliphatic heterocycles. The van der Waals surface area contributed by atoms with Gasteiger partial charge < -0.3 is 14.9 Å². The Bertz CT molecular complexity index is 666. The molecule has 2 fully saturated rings. The van der Waals surface area contributed by atoms with Crippen LogP contribution in [0.15, 0.2) is 24.3 Å². The van der Waals surface area contributed by atoms with Gasteiger partial charge in [-0.25, -0.2) is 9.18 Å². The number of hydrogen-bond acceptors (Lipinski definition) is 4. The van der Waals surface area contributed by atoms with Crippen LogP contribution in [0, 0.1) is 5.82 Å². The third-order valence-corrected chi connectivity index (χ3v) is 4.09. The number of carbonyl (C=O) groups is 3. The summed E-state index contributed by atoms with van der Waals surface area (Å²) in [6, 6.07) is 4.19. The Balaban J connectivity index is 1.76. The molecule has 8 heteroatoms. The van der Waals surface area contributed by atoms with E-state index in [1.165, 1.54) is 28.0 Å². The van der Waals surface area contributed by atoms with E-state index in [1.54, 1.807) is 0 Å². The predicted molar refractivity (Wildman–Crippen MR) is 77.0 cm³/mol. The van der Waals surface area contributed by atoms with Crippen LogP contribution in [0.1, 0.15) is 10.4 Å². The third kappa shape index (κ3) is 2.65. The van der Waals surface area contributed by atoms with Crippen LogP contribution >= 0.6 is 0 Å². The first-order chi connectivity index (χ1) is 11.0. The number of carbonyl (C=O) groups excluding carboxylic acids is 3. The molecule has 0 spiro atoms. The molecule has 1 unspecified atom stereocenters. The van der Waals surface area contributed by atoms with Crippen LogP contribution in [0.25, 0.3) is 0 Å². The maximum Gasteiger partial charge on any atom is 0.327 e. The highest BCUT2D eigenvalue weighted by Gasteiger charge is 2.48. The fourth-order valence-electron chi connectivity index (χ4n) is 2.95. The monoisotopic (exact) mass is 321 g/mol. The van der Waals surface area contributed by atoms with E-state index in [0.717, 1.165) is 11.0 Å². The molecule has 1 aromatic carbocycles. The molecule has 7 nitrogen and oxygen atoms in total. The Hall–Kier alpha value is -2.48. The molecule has 2 aliphatic rings. The van der Waals surface area contributed by atoms with Gasteiger partial charge in [-0.1, -0.05) is 6.07 Å². The third-order valence-electron chi connectivity index (χ3n) is 4.09. The minimum Gasteiger partial charge on any atom is -0.395 e. The van der Waals surface area contributed by atoms with Gasteiger partial charge in [0.25, 0.3) is 11.8 Å². The fraction of sp³-hybridized carbons (Fsp3) is 0.400. The van der Waals surface area contributed by atoms with Crippen molar-refractivity contribution in [2.24, 2.45) is 0 Å². The van der Waals surface area contributed by atoms with E-state index in [-0.39, 0.29) is 44.3 Å². The second kappa shape index (κ2) is 5.96. The highest BCUT2D eigenvalue weighted by atomic mass is 19.1. The zero-order valence-electron chi connectivity index (χ0n) is 12.3. The number of fused-ring (bicyclic) bond motifs is 1. The molecule has 3 rings (SSSR count). The number of rotatable bonds is 3. The van der Waals surface area contributed by atoms with Gasteiger partial charge in [0.1, 0.15) is 11.9 Å². The van der Waals surface area contributed by atoms with Crippen LogP contribution in [0.2, 0.25) is 0 Å². The van der Waals surface area contributed by atoms with Crippen molar-refractivity contribution in [3.8, 4) is 0 Å². The lowest BCUT2D eigenvalue weighted by atomic mass is 10.1. The number of amides is 4. The quantitative estimate of drug-likeness (QED) is 0.789. The molecule has 0 aliphatic carbocycles. The van der Waals surface area contributed by atoms with Crippen LogP contribution in [0.5, 0.6) is 0 Å². The smallest absolute Gasteiger partial charge is 0.327 e. The van der Waals surface area contributed by atoms with Gasteiger partial charge in [0.15, 0.2) is 0 Å². The van der Waals surface area contributed by atoms with Crippen LogP contribution in [-0.4, -0.2) is 76.5 Å². The van der Waals surface area contributed by atoms with Gasteiger partial charge in [-0.05, 0) is 18.2 Å². The highest BCUT2D eigenvalue weighted by Crippen LogP contribution is 2.23. The van der Waals surface area contributed by atoms with E-state index in [0.29, 0.717) is 0 Å². The maximum absolute atomic E-state index is 13.3. The first kappa shape index (κ1) is 15.4. The van der Waals surface area contributed by atoms with Crippen molar-refractivity contribution in [3.05, 3.63) is 35.6 Å². The zero-order valence-corrected chi connectivity index (χ0v) is 12.3. The van der Waals surface area contributed by atoms with E-state index < -0.39 is 23.8 Å². The number of nitrogens with zero attached hydrogens (tertiary/aromatic N) is 3. The van der Waals surface area contributed by atoms with E-state index in [2.05, 4.69) is 0 Å². The predicted octanol–water partition coefficient (Wildman–Crippen LogP) is -0.0934. The highest BCUT2D eigenvalue weighted by molar-refractivity contribution is 6.05. The number of β-amino-alcohol motifs (C(OH)–C–C–N with tert-alkyl or cyclic N) is 1. The first-order valence-corrected chi connectivity index (χ1v) is 7.30. The molecular weight excluding hydrogens is 305 g/mol. The topological polar surface area (TPSA) is 81.2 Å². The first-order valence-electron chi connectivity index (χ1n) is 7.30. The Kier molecular flexibility index (Phi) is 3.99. The van der Waals surface area contributed by atoms with Crippen molar-refractivity contribution >= 4 is 17.8 Å². The molecule has 1 aromatic rings. The Morgan fingerprint density at radius 2 is 2.09 bits per heavy atom. The fourth-order valence-corrected chi connectivity index (χ4v) is 2.95. The van der Waals surface area contributed by atoms with Crippen molar-refractivity contribution in [2.75, 3.05) is 32.8 Å². The molecule has 0 saturated carbocycles. The molecule has 2 heterocycles. The molecule has 0 radical (unpaired) electrons. The van der Waals surface area contributed by atoms with Gasteiger partial charge >= 0.3 is 6.03 Å². The minimum absolute atomic E-state index is 0.0531. The number of aliphatic hydroxyl groups excluding tert-OH is 1. The molecule has 23 heavy (non-hydrogen) atoms. The van der Waals surface area contributed by atoms with E-state index in [1.807, 2.05) is 0 Å². The SMILES string of the molecule is O=C(c1cccc(F)c1)N1CCN2C(=O)N(CCO)C(=O)C2C1. The summed E-state index contributed by atoms with van der Waals surface area (Å²) < 4.78 is 13.3. The molecule has 0 aromatic heterocycles. The maximum atomic E-state index is 13.3. The van der Waals surface area contributed by atoms with Gasteiger partial charge in [-0.3, -0.25) is 14.5 Å². The molecule has 1 N–H and O–H groups in total. The normalized spacial score (nSPS) is 21.0. The number of hydrogen-bond donors (Lipinski definition) is 1. The van der Waals surface area contributed by atoms with Gasteiger partial charge in [0.05, 0.1) is 19.7 Å². The van der Waals surface area contributed by atoms with Crippen LogP contribution in [-0.2, 0) is 4.79 Å². The Labute approximate surface area is 131 Å². The summed E-state index contributed by atoms with van der Waals surface area (Å²) >= 11 is 0. The van der Waals surface area contributed by atoms with E-state index in [9.17, 15) is 18.8 Å². The van der Waals surface area contributed by atoms with Gasteiger partial charge in [0, 0.05) is 18.7 Å². The van der Waals surface area contributed by atoms with Crippen LogP contribution in [0.4, 0.5) is 9.18 Å². The van der Waals surface area contributed by atoms with Crippen molar-refractivity contribution in [1.82, 2.24) is 14.7 Å². The number of benzene rings is 1. The molecule has 1 atom stereocenters. The van der Waals surface area contributed by atoms with Crippen LogP contribution < -0.4 is 0 Å². The van der Waals surface area contributed by atoms with E-state index in [4.69, 9.17) is 5.11 Å². The lowest BCUT2D eigenvalue weighted by Gasteiger charge is -2.35. The van der Waals surface area contributed by atoms with Crippen LogP contribution in [0.3, 0.4) is 0 Å². The standard InChI is InChI=1S/C15H16FN3O4/c16-11-3-1-2-10(8-11)13(21)17-4-5-18-12(9-17)14(22)19(6-7-20)15(18)23/h1-3,8,12,20H,4-7,9H2. The summed E-state index contributed by atoms with van der Waals surface area (Å²) in [4.78, 5) is 40.6. The summed E-state index contributed by atoms with van der Waals surface area (Å²) in [7, 11) is 0. The minimum atomic E-state index is -0.736. The lowest BCUT2D eigenvalue weighted by Crippen LogP contribution is -2.54. The summed E-state index contributed by atoms with van der Waals surface area (Å²) in [5.41, 5.74) is 0.211. The van der Waals surface area contributed by atoms with Crippen molar-refractivity contribution in [3.63, 3.8) is 0 Å². The lowest BCUT2D eigenvalue weighted by molar-refractivity contribution is -0.129. The number of imide groups is 1. The summed E-state index contributed by atoms with van der Waals surface area (Å²) in [5.74, 6) is -1.29. The van der Waals surface area contributed by atoms with Crippen molar-refractivity contribution < 1.29 is 23.9 Å². The summed E-state index contributed by atoms with van der Waals surface area (Å²) in [5, 5.41) is 8.95. The average molecular weight is 321 g/mol. The average Bonchev–Trinajstić information content (AvgIpc) is 2.79. The van der Waals surface area contributed by atoms with Gasteiger partial charge in [-0.15, -0.1) is 0 Å². The Morgan fingerprint density at radius 1 is 1.30 bits per heavy atom. The largest absolute Gasteiger partial charge is 0.395 e. The molecule has 0 bridgehead atoms. The number of piperazine rings is 1. The summed E-state index contributed by atoms with van der Waals surface area (Å²) in [6.07, 6.45) is 0. The molecule has 122 valence electrons. The van der Waals surface area contributed by atoms with E-state index >= 15 is 0 Å². The number of halogens is 1. The summed E-state index contributed by atoms with van der Waals surface area (Å²) in [6.45, 7) is 0.227. The van der Waals surface area contributed by atoms with Crippen molar-refractivity contribution in [2.45, 2.75) is 6.04 Å². The van der Waals surface area contributed by atoms with Crippen molar-refractivity contribution in [1.29, 1.82) is 0 Å². The second-order valence-electron chi connectivity index (χ2n) is 5.47. The number of aliphatic hydroxyl groups is 1. The molecular formula is C15H16FN3O4. The van der Waals surface area contributed by atoms with Gasteiger partial charge in [0.2, 0.25) is 0 Å². The molecule has 2 saturated heterocycles. The Morgan fingerprint density at radius 3 is 2.78 bits per heavy atom. The number of urea groups is 1. The van der Waals surface area contributed by atoms with Gasteiger partial charge in [-0.2, -0.15) is 0 Å². The zero-order chi connectivity index (χ0) is 16.6.